The Labute approximate surface area is 243 Å². The normalized spacial score (nSPS) is 14.1. The summed E-state index contributed by atoms with van der Waals surface area (Å²) in [6, 6.07) is 27.8. The van der Waals surface area contributed by atoms with Crippen LogP contribution in [0.25, 0.3) is 17.0 Å². The van der Waals surface area contributed by atoms with E-state index < -0.39 is 0 Å². The molecule has 0 atom stereocenters. The SMILES string of the molecule is Cn1c(/C=C/C2=[N+](CCCCCC(=O)NCCN)c3ccc(Nc4ccccc4)cc3C2(C)C)cc2ccccc21. The molecule has 1 aromatic heterocycles. The molecule has 0 unspecified atom stereocenters. The van der Waals surface area contributed by atoms with Crippen LogP contribution in [0, 0.1) is 0 Å². The second-order valence-corrected chi connectivity index (χ2v) is 11.4. The Kier molecular flexibility index (Phi) is 8.70. The minimum Gasteiger partial charge on any atom is -0.356 e. The minimum absolute atomic E-state index is 0.0895. The van der Waals surface area contributed by atoms with E-state index in [-0.39, 0.29) is 11.3 Å². The number of anilines is 2. The van der Waals surface area contributed by atoms with E-state index in [4.69, 9.17) is 5.73 Å². The summed E-state index contributed by atoms with van der Waals surface area (Å²) in [6.07, 6.45) is 7.99. The van der Waals surface area contributed by atoms with Crippen molar-refractivity contribution in [3.8, 4) is 0 Å². The predicted molar refractivity (Wildman–Crippen MR) is 171 cm³/mol. The fourth-order valence-corrected chi connectivity index (χ4v) is 5.85. The lowest BCUT2D eigenvalue weighted by Gasteiger charge is -2.17. The maximum absolute atomic E-state index is 12.0. The largest absolute Gasteiger partial charge is 0.356 e. The molecule has 0 bridgehead atoms. The lowest BCUT2D eigenvalue weighted by molar-refractivity contribution is -0.438. The number of benzene rings is 3. The maximum atomic E-state index is 12.0. The number of aromatic nitrogens is 1. The zero-order valence-electron chi connectivity index (χ0n) is 24.5. The molecule has 0 fully saturated rings. The number of nitrogens with two attached hydrogens (primary N) is 1. The third-order valence-electron chi connectivity index (χ3n) is 8.11. The maximum Gasteiger partial charge on any atom is 0.220 e. The summed E-state index contributed by atoms with van der Waals surface area (Å²) >= 11 is 0. The molecule has 2 heterocycles. The number of unbranched alkanes of at least 4 members (excludes halogenated alkanes) is 2. The molecule has 0 spiro atoms. The number of hydrogen-bond acceptors (Lipinski definition) is 3. The molecule has 212 valence electrons. The van der Waals surface area contributed by atoms with Gasteiger partial charge in [0.1, 0.15) is 6.54 Å². The van der Waals surface area contributed by atoms with Crippen molar-refractivity contribution in [3.05, 3.63) is 96.2 Å². The van der Waals surface area contributed by atoms with Gasteiger partial charge in [-0.15, -0.1) is 0 Å². The summed E-state index contributed by atoms with van der Waals surface area (Å²) < 4.78 is 4.73. The van der Waals surface area contributed by atoms with Crippen LogP contribution in [0.1, 0.15) is 50.8 Å². The van der Waals surface area contributed by atoms with Crippen molar-refractivity contribution >= 4 is 45.7 Å². The molecule has 6 heteroatoms. The van der Waals surface area contributed by atoms with Gasteiger partial charge in [-0.05, 0) is 69.2 Å². The fraction of sp³-hybridized carbons (Fsp3) is 0.314. The highest BCUT2D eigenvalue weighted by atomic mass is 16.1. The minimum atomic E-state index is -0.174. The van der Waals surface area contributed by atoms with Crippen LogP contribution < -0.4 is 16.4 Å². The van der Waals surface area contributed by atoms with E-state index in [2.05, 4.69) is 113 Å². The Hall–Kier alpha value is -4.16. The van der Waals surface area contributed by atoms with E-state index in [0.717, 1.165) is 37.2 Å². The van der Waals surface area contributed by atoms with Gasteiger partial charge in [-0.2, -0.15) is 4.58 Å². The third kappa shape index (κ3) is 6.28. The number of carbonyl (C=O) groups excluding carboxylic acids is 1. The van der Waals surface area contributed by atoms with Crippen LogP contribution in [0.2, 0.25) is 0 Å². The predicted octanol–water partition coefficient (Wildman–Crippen LogP) is 6.65. The average molecular weight is 549 g/mol. The molecule has 6 nitrogen and oxygen atoms in total. The number of amides is 1. The molecule has 1 aliphatic rings. The van der Waals surface area contributed by atoms with Crippen molar-refractivity contribution in [1.82, 2.24) is 9.88 Å². The summed E-state index contributed by atoms with van der Waals surface area (Å²) in [5.74, 6) is 0.0895. The number of para-hydroxylation sites is 2. The lowest BCUT2D eigenvalue weighted by Crippen LogP contribution is -2.28. The molecule has 3 aromatic carbocycles. The quantitative estimate of drug-likeness (QED) is 0.137. The third-order valence-corrected chi connectivity index (χ3v) is 8.11. The molecule has 4 N–H and O–H groups in total. The molecular formula is C35H42N5O+. The van der Waals surface area contributed by atoms with Gasteiger partial charge in [0.25, 0.3) is 0 Å². The van der Waals surface area contributed by atoms with Crippen LogP contribution >= 0.6 is 0 Å². The Morgan fingerprint density at radius 2 is 1.71 bits per heavy atom. The molecule has 5 rings (SSSR count). The number of allylic oxidation sites excluding steroid dienone is 1. The van der Waals surface area contributed by atoms with Crippen molar-refractivity contribution in [2.75, 3.05) is 25.0 Å². The highest BCUT2D eigenvalue weighted by Crippen LogP contribution is 2.42. The van der Waals surface area contributed by atoms with Crippen LogP contribution in [0.15, 0.2) is 84.9 Å². The van der Waals surface area contributed by atoms with Crippen molar-refractivity contribution in [3.63, 3.8) is 0 Å². The van der Waals surface area contributed by atoms with Crippen LogP contribution in [-0.4, -0.2) is 40.4 Å². The number of aryl methyl sites for hydroxylation is 1. The molecular weight excluding hydrogens is 506 g/mol. The van der Waals surface area contributed by atoms with Crippen molar-refractivity contribution in [2.45, 2.75) is 44.9 Å². The van der Waals surface area contributed by atoms with E-state index in [0.29, 0.717) is 19.5 Å². The Balaban J connectivity index is 1.41. The van der Waals surface area contributed by atoms with E-state index in [1.165, 1.54) is 33.6 Å². The van der Waals surface area contributed by atoms with Crippen LogP contribution in [0.4, 0.5) is 17.1 Å². The molecule has 0 radical (unpaired) electrons. The van der Waals surface area contributed by atoms with Gasteiger partial charge in [0, 0.05) is 78.7 Å². The standard InChI is InChI=1S/C35H41N5O/c1-35(2)30-25-28(38-27-13-6-4-7-14-27)17-19-32(30)40(23-11-5-8-16-34(41)37-22-21-36)33(35)20-18-29-24-26-12-9-10-15-31(26)39(29)3/h4,6-7,9-10,12-15,17-20,24-25,38H,5,8,11,16,21-23,36H2,1-3H3/p+1. The van der Waals surface area contributed by atoms with Crippen molar-refractivity contribution < 1.29 is 9.37 Å². The smallest absolute Gasteiger partial charge is 0.220 e. The molecule has 1 amide bonds. The van der Waals surface area contributed by atoms with Gasteiger partial charge < -0.3 is 20.9 Å². The van der Waals surface area contributed by atoms with Crippen molar-refractivity contribution in [2.24, 2.45) is 12.8 Å². The Morgan fingerprint density at radius 3 is 2.49 bits per heavy atom. The van der Waals surface area contributed by atoms with Crippen LogP contribution in [0.3, 0.4) is 0 Å². The fourth-order valence-electron chi connectivity index (χ4n) is 5.85. The topological polar surface area (TPSA) is 75.1 Å². The van der Waals surface area contributed by atoms with Gasteiger partial charge in [-0.3, -0.25) is 4.79 Å². The molecule has 1 aliphatic heterocycles. The van der Waals surface area contributed by atoms with Gasteiger partial charge in [-0.25, -0.2) is 0 Å². The number of carbonyl (C=O) groups is 1. The Bertz CT molecular complexity index is 1580. The van der Waals surface area contributed by atoms with E-state index >= 15 is 0 Å². The van der Waals surface area contributed by atoms with Gasteiger partial charge in [0.2, 0.25) is 11.6 Å². The summed E-state index contributed by atoms with van der Waals surface area (Å²) in [7, 11) is 2.13. The van der Waals surface area contributed by atoms with E-state index in [9.17, 15) is 4.79 Å². The number of nitrogens with zero attached hydrogens (tertiary/aromatic N) is 2. The number of nitrogens with one attached hydrogen (secondary N) is 2. The summed E-state index contributed by atoms with van der Waals surface area (Å²) in [4.78, 5) is 12.0. The highest BCUT2D eigenvalue weighted by molar-refractivity contribution is 6.05. The van der Waals surface area contributed by atoms with Gasteiger partial charge >= 0.3 is 0 Å². The second-order valence-electron chi connectivity index (χ2n) is 11.4. The van der Waals surface area contributed by atoms with Gasteiger partial charge in [0.05, 0.1) is 5.41 Å². The zero-order valence-corrected chi connectivity index (χ0v) is 24.5. The molecule has 0 saturated heterocycles. The molecule has 4 aromatic rings. The first kappa shape index (κ1) is 28.4. The summed E-state index contributed by atoms with van der Waals surface area (Å²) in [5.41, 5.74) is 13.8. The van der Waals surface area contributed by atoms with Crippen LogP contribution in [-0.2, 0) is 17.3 Å². The first-order valence-corrected chi connectivity index (χ1v) is 14.7. The average Bonchev–Trinajstić information content (AvgIpc) is 3.40. The summed E-state index contributed by atoms with van der Waals surface area (Å²) in [5, 5.41) is 7.69. The lowest BCUT2D eigenvalue weighted by atomic mass is 9.81. The number of rotatable bonds is 12. The van der Waals surface area contributed by atoms with Gasteiger partial charge in [-0.1, -0.05) is 36.4 Å². The molecule has 0 aliphatic carbocycles. The second kappa shape index (κ2) is 12.6. The van der Waals surface area contributed by atoms with Gasteiger partial charge in [0.15, 0.2) is 5.71 Å². The molecule has 0 saturated carbocycles. The van der Waals surface area contributed by atoms with E-state index in [1.807, 2.05) is 18.2 Å². The summed E-state index contributed by atoms with van der Waals surface area (Å²) in [6.45, 7) is 6.56. The van der Waals surface area contributed by atoms with E-state index in [1.54, 1.807) is 0 Å². The molecule has 41 heavy (non-hydrogen) atoms. The first-order valence-electron chi connectivity index (χ1n) is 14.7. The number of fused-ring (bicyclic) bond motifs is 2. The first-order chi connectivity index (χ1) is 19.9. The number of hydrogen-bond donors (Lipinski definition) is 3. The zero-order chi connectivity index (χ0) is 28.8. The Morgan fingerprint density at radius 1 is 0.927 bits per heavy atom. The van der Waals surface area contributed by atoms with Crippen LogP contribution in [0.5, 0.6) is 0 Å². The highest BCUT2D eigenvalue weighted by Gasteiger charge is 2.44. The van der Waals surface area contributed by atoms with Crippen molar-refractivity contribution in [1.29, 1.82) is 0 Å². The monoisotopic (exact) mass is 548 g/mol.